The Labute approximate surface area is 117 Å². The van der Waals surface area contributed by atoms with Gasteiger partial charge < -0.3 is 14.8 Å². The van der Waals surface area contributed by atoms with Crippen LogP contribution in [0.15, 0.2) is 24.3 Å². The van der Waals surface area contributed by atoms with E-state index in [0.717, 1.165) is 31.9 Å². The molecule has 0 fully saturated rings. The average Bonchev–Trinajstić information content (AvgIpc) is 2.43. The first-order valence-corrected chi connectivity index (χ1v) is 7.11. The van der Waals surface area contributed by atoms with Gasteiger partial charge in [-0.05, 0) is 43.5 Å². The highest BCUT2D eigenvalue weighted by molar-refractivity contribution is 5.27. The molecule has 0 aliphatic rings. The summed E-state index contributed by atoms with van der Waals surface area (Å²) < 4.78 is 10.7. The molecule has 0 radical (unpaired) electrons. The summed E-state index contributed by atoms with van der Waals surface area (Å²) in [6.07, 6.45) is 1.03. The minimum atomic E-state index is 0.429. The van der Waals surface area contributed by atoms with E-state index in [2.05, 4.69) is 31.3 Å². The van der Waals surface area contributed by atoms with Crippen LogP contribution in [-0.4, -0.2) is 32.9 Å². The van der Waals surface area contributed by atoms with Crippen LogP contribution in [0.5, 0.6) is 5.75 Å². The van der Waals surface area contributed by atoms with Crippen LogP contribution in [0.25, 0.3) is 0 Å². The lowest BCUT2D eigenvalue weighted by molar-refractivity contribution is 0.108. The fourth-order valence-corrected chi connectivity index (χ4v) is 1.93. The molecule has 1 unspecified atom stereocenters. The number of hydrogen-bond donors (Lipinski definition) is 1. The van der Waals surface area contributed by atoms with E-state index in [4.69, 9.17) is 9.47 Å². The van der Waals surface area contributed by atoms with E-state index < -0.39 is 0 Å². The van der Waals surface area contributed by atoms with Crippen molar-refractivity contribution in [1.82, 2.24) is 5.32 Å². The number of ether oxygens (including phenoxy) is 2. The standard InChI is InChI=1S/C16H27NO2/c1-5-19-12-16(13(2)3)17-11-10-14-6-8-15(18-4)9-7-14/h6-9,13,16-17H,5,10-12H2,1-4H3. The van der Waals surface area contributed by atoms with Gasteiger partial charge in [0.1, 0.15) is 5.75 Å². The van der Waals surface area contributed by atoms with Gasteiger partial charge in [0.2, 0.25) is 0 Å². The van der Waals surface area contributed by atoms with Gasteiger partial charge in [0, 0.05) is 12.6 Å². The summed E-state index contributed by atoms with van der Waals surface area (Å²) in [7, 11) is 1.69. The Hall–Kier alpha value is -1.06. The van der Waals surface area contributed by atoms with Crippen molar-refractivity contribution in [2.24, 2.45) is 5.92 Å². The number of methoxy groups -OCH3 is 1. The van der Waals surface area contributed by atoms with Crippen LogP contribution < -0.4 is 10.1 Å². The van der Waals surface area contributed by atoms with Gasteiger partial charge in [-0.15, -0.1) is 0 Å². The second-order valence-corrected chi connectivity index (χ2v) is 5.06. The molecule has 1 N–H and O–H groups in total. The summed E-state index contributed by atoms with van der Waals surface area (Å²) in [5.74, 6) is 1.50. The minimum absolute atomic E-state index is 0.429. The fourth-order valence-electron chi connectivity index (χ4n) is 1.93. The summed E-state index contributed by atoms with van der Waals surface area (Å²) in [6, 6.07) is 8.68. The van der Waals surface area contributed by atoms with Crippen LogP contribution >= 0.6 is 0 Å². The molecule has 1 atom stereocenters. The van der Waals surface area contributed by atoms with E-state index in [1.54, 1.807) is 7.11 Å². The fraction of sp³-hybridized carbons (Fsp3) is 0.625. The number of nitrogens with one attached hydrogen (secondary N) is 1. The van der Waals surface area contributed by atoms with E-state index >= 15 is 0 Å². The van der Waals surface area contributed by atoms with Crippen LogP contribution in [0.3, 0.4) is 0 Å². The topological polar surface area (TPSA) is 30.5 Å². The van der Waals surface area contributed by atoms with Gasteiger partial charge in [-0.25, -0.2) is 0 Å². The summed E-state index contributed by atoms with van der Waals surface area (Å²) in [6.45, 7) is 9.03. The Morgan fingerprint density at radius 2 is 1.84 bits per heavy atom. The van der Waals surface area contributed by atoms with Crippen molar-refractivity contribution >= 4 is 0 Å². The largest absolute Gasteiger partial charge is 0.497 e. The predicted octanol–water partition coefficient (Wildman–Crippen LogP) is 2.89. The van der Waals surface area contributed by atoms with Crippen molar-refractivity contribution < 1.29 is 9.47 Å². The summed E-state index contributed by atoms with van der Waals surface area (Å²) in [4.78, 5) is 0. The lowest BCUT2D eigenvalue weighted by Gasteiger charge is -2.22. The summed E-state index contributed by atoms with van der Waals surface area (Å²) >= 11 is 0. The third kappa shape index (κ3) is 6.08. The zero-order valence-corrected chi connectivity index (χ0v) is 12.6. The van der Waals surface area contributed by atoms with E-state index in [1.165, 1.54) is 5.56 Å². The normalized spacial score (nSPS) is 12.7. The molecule has 3 heteroatoms. The van der Waals surface area contributed by atoms with E-state index in [1.807, 2.05) is 19.1 Å². The van der Waals surface area contributed by atoms with Gasteiger partial charge in [0.05, 0.1) is 13.7 Å². The Morgan fingerprint density at radius 1 is 1.16 bits per heavy atom. The van der Waals surface area contributed by atoms with Crippen molar-refractivity contribution in [3.63, 3.8) is 0 Å². The van der Waals surface area contributed by atoms with Crippen molar-refractivity contribution in [3.8, 4) is 5.75 Å². The van der Waals surface area contributed by atoms with Gasteiger partial charge in [-0.3, -0.25) is 0 Å². The summed E-state index contributed by atoms with van der Waals surface area (Å²) in [5.41, 5.74) is 1.33. The minimum Gasteiger partial charge on any atom is -0.497 e. The SMILES string of the molecule is CCOCC(NCCc1ccc(OC)cc1)C(C)C. The first-order chi connectivity index (χ1) is 9.17. The van der Waals surface area contributed by atoms with Crippen molar-refractivity contribution in [2.45, 2.75) is 33.2 Å². The van der Waals surface area contributed by atoms with Crippen LogP contribution in [0.4, 0.5) is 0 Å². The van der Waals surface area contributed by atoms with Crippen LogP contribution in [0, 0.1) is 5.92 Å². The van der Waals surface area contributed by atoms with Crippen molar-refractivity contribution in [2.75, 3.05) is 26.9 Å². The monoisotopic (exact) mass is 265 g/mol. The molecule has 0 amide bonds. The number of benzene rings is 1. The van der Waals surface area contributed by atoms with Gasteiger partial charge >= 0.3 is 0 Å². The molecule has 0 saturated heterocycles. The van der Waals surface area contributed by atoms with Crippen molar-refractivity contribution in [3.05, 3.63) is 29.8 Å². The maximum absolute atomic E-state index is 5.51. The Morgan fingerprint density at radius 3 is 2.37 bits per heavy atom. The molecule has 0 aliphatic heterocycles. The third-order valence-electron chi connectivity index (χ3n) is 3.29. The molecule has 3 nitrogen and oxygen atoms in total. The number of hydrogen-bond acceptors (Lipinski definition) is 3. The third-order valence-corrected chi connectivity index (χ3v) is 3.29. The molecule has 108 valence electrons. The molecular formula is C16H27NO2. The average molecular weight is 265 g/mol. The maximum atomic E-state index is 5.51. The lowest BCUT2D eigenvalue weighted by atomic mass is 10.0. The van der Waals surface area contributed by atoms with E-state index in [9.17, 15) is 0 Å². The number of rotatable bonds is 9. The molecule has 19 heavy (non-hydrogen) atoms. The highest BCUT2D eigenvalue weighted by atomic mass is 16.5. The molecule has 0 saturated carbocycles. The molecular weight excluding hydrogens is 238 g/mol. The van der Waals surface area contributed by atoms with Crippen LogP contribution in [0.1, 0.15) is 26.3 Å². The molecule has 0 bridgehead atoms. The molecule has 1 aromatic rings. The highest BCUT2D eigenvalue weighted by Gasteiger charge is 2.12. The smallest absolute Gasteiger partial charge is 0.118 e. The molecule has 1 rings (SSSR count). The van der Waals surface area contributed by atoms with E-state index in [-0.39, 0.29) is 0 Å². The molecule has 0 heterocycles. The van der Waals surface area contributed by atoms with Gasteiger partial charge in [-0.2, -0.15) is 0 Å². The Kier molecular flexibility index (Phi) is 7.53. The first-order valence-electron chi connectivity index (χ1n) is 7.11. The first kappa shape index (κ1) is 16.0. The molecule has 0 spiro atoms. The second kappa shape index (κ2) is 8.94. The molecule has 0 aromatic heterocycles. The zero-order valence-electron chi connectivity index (χ0n) is 12.6. The van der Waals surface area contributed by atoms with Crippen LogP contribution in [0.2, 0.25) is 0 Å². The maximum Gasteiger partial charge on any atom is 0.118 e. The predicted molar refractivity (Wildman–Crippen MR) is 79.8 cm³/mol. The van der Waals surface area contributed by atoms with Gasteiger partial charge in [0.15, 0.2) is 0 Å². The summed E-state index contributed by atoms with van der Waals surface area (Å²) in [5, 5.41) is 3.57. The molecule has 0 aliphatic carbocycles. The highest BCUT2D eigenvalue weighted by Crippen LogP contribution is 2.11. The van der Waals surface area contributed by atoms with Crippen molar-refractivity contribution in [1.29, 1.82) is 0 Å². The van der Waals surface area contributed by atoms with Gasteiger partial charge in [-0.1, -0.05) is 26.0 Å². The Bertz CT molecular complexity index is 335. The lowest BCUT2D eigenvalue weighted by Crippen LogP contribution is -2.39. The second-order valence-electron chi connectivity index (χ2n) is 5.06. The van der Waals surface area contributed by atoms with E-state index in [0.29, 0.717) is 12.0 Å². The van der Waals surface area contributed by atoms with Gasteiger partial charge in [0.25, 0.3) is 0 Å². The van der Waals surface area contributed by atoms with Crippen LogP contribution in [-0.2, 0) is 11.2 Å². The molecule has 1 aromatic carbocycles. The zero-order chi connectivity index (χ0) is 14.1. The Balaban J connectivity index is 2.33. The quantitative estimate of drug-likeness (QED) is 0.744.